The molecule has 0 aliphatic rings. The molecule has 0 bridgehead atoms. The van der Waals surface area contributed by atoms with E-state index in [2.05, 4.69) is 12.2 Å². The zero-order valence-corrected chi connectivity index (χ0v) is 15.8. The lowest BCUT2D eigenvalue weighted by molar-refractivity contribution is 0.152. The van der Waals surface area contributed by atoms with Crippen molar-refractivity contribution in [3.8, 4) is 0 Å². The maximum absolute atomic E-state index is 11.1. The van der Waals surface area contributed by atoms with Crippen LogP contribution in [0.5, 0.6) is 0 Å². The maximum atomic E-state index is 11.1. The van der Waals surface area contributed by atoms with Gasteiger partial charge in [0.15, 0.2) is 0 Å². The predicted octanol–water partition coefficient (Wildman–Crippen LogP) is 6.60. The zero-order chi connectivity index (χ0) is 17.0. The van der Waals surface area contributed by atoms with Crippen molar-refractivity contribution >= 4 is 6.09 Å². The number of nitrogens with one attached hydrogen (secondary N) is 1. The van der Waals surface area contributed by atoms with Crippen LogP contribution in [0.15, 0.2) is 0 Å². The van der Waals surface area contributed by atoms with Gasteiger partial charge in [-0.2, -0.15) is 0 Å². The van der Waals surface area contributed by atoms with E-state index in [4.69, 9.17) is 4.74 Å². The Morgan fingerprint density at radius 2 is 1.04 bits per heavy atom. The van der Waals surface area contributed by atoms with Crippen molar-refractivity contribution in [1.82, 2.24) is 5.32 Å². The van der Waals surface area contributed by atoms with Crippen LogP contribution >= 0.6 is 0 Å². The summed E-state index contributed by atoms with van der Waals surface area (Å²) in [6, 6.07) is 0. The van der Waals surface area contributed by atoms with Crippen LogP contribution in [0.3, 0.4) is 0 Å². The fraction of sp³-hybridized carbons (Fsp3) is 0.950. The summed E-state index contributed by atoms with van der Waals surface area (Å²) in [5.74, 6) is 0. The SMILES string of the molecule is CCCCCCCCCCCCCCCCCNC(=O)OCC. The Labute approximate surface area is 144 Å². The van der Waals surface area contributed by atoms with Crippen LogP contribution in [0.1, 0.15) is 110 Å². The first-order chi connectivity index (χ1) is 11.3. The molecule has 1 amide bonds. The van der Waals surface area contributed by atoms with Gasteiger partial charge in [0.25, 0.3) is 0 Å². The van der Waals surface area contributed by atoms with Crippen LogP contribution in [0.25, 0.3) is 0 Å². The van der Waals surface area contributed by atoms with Crippen molar-refractivity contribution in [2.75, 3.05) is 13.2 Å². The van der Waals surface area contributed by atoms with E-state index in [1.807, 2.05) is 6.92 Å². The molecule has 23 heavy (non-hydrogen) atoms. The summed E-state index contributed by atoms with van der Waals surface area (Å²) in [6.07, 6.45) is 20.2. The van der Waals surface area contributed by atoms with E-state index in [1.54, 1.807) is 0 Å². The van der Waals surface area contributed by atoms with Crippen LogP contribution in [0.2, 0.25) is 0 Å². The van der Waals surface area contributed by atoms with Crippen LogP contribution < -0.4 is 5.32 Å². The Kier molecular flexibility index (Phi) is 18.7. The summed E-state index contributed by atoms with van der Waals surface area (Å²) in [7, 11) is 0. The molecule has 1 N–H and O–H groups in total. The molecule has 138 valence electrons. The van der Waals surface area contributed by atoms with E-state index < -0.39 is 0 Å². The van der Waals surface area contributed by atoms with Crippen LogP contribution in [-0.4, -0.2) is 19.2 Å². The Bertz CT molecular complexity index is 244. The number of amides is 1. The van der Waals surface area contributed by atoms with Gasteiger partial charge in [0, 0.05) is 6.54 Å². The molecule has 0 rings (SSSR count). The highest BCUT2D eigenvalue weighted by atomic mass is 16.5. The number of ether oxygens (including phenoxy) is 1. The minimum Gasteiger partial charge on any atom is -0.450 e. The Hall–Kier alpha value is -0.730. The van der Waals surface area contributed by atoms with E-state index in [9.17, 15) is 4.79 Å². The standard InChI is InChI=1S/C20H41NO2/c1-3-5-6-7-8-9-10-11-12-13-14-15-16-17-18-19-21-20(22)23-4-2/h3-19H2,1-2H3,(H,21,22). The lowest BCUT2D eigenvalue weighted by Crippen LogP contribution is -2.25. The van der Waals surface area contributed by atoms with Gasteiger partial charge in [-0.25, -0.2) is 4.79 Å². The van der Waals surface area contributed by atoms with Gasteiger partial charge in [0.1, 0.15) is 0 Å². The lowest BCUT2D eigenvalue weighted by atomic mass is 10.0. The first-order valence-corrected chi connectivity index (χ1v) is 10.2. The smallest absolute Gasteiger partial charge is 0.407 e. The van der Waals surface area contributed by atoms with Gasteiger partial charge in [0.2, 0.25) is 0 Å². The van der Waals surface area contributed by atoms with Gasteiger partial charge in [-0.15, -0.1) is 0 Å². The fourth-order valence-corrected chi connectivity index (χ4v) is 2.87. The van der Waals surface area contributed by atoms with Crippen molar-refractivity contribution in [3.05, 3.63) is 0 Å². The minimum atomic E-state index is -0.280. The van der Waals surface area contributed by atoms with Gasteiger partial charge in [-0.3, -0.25) is 0 Å². The highest BCUT2D eigenvalue weighted by Gasteiger charge is 1.98. The molecule has 3 heteroatoms. The molecule has 0 aromatic rings. The van der Waals surface area contributed by atoms with Gasteiger partial charge in [-0.05, 0) is 13.3 Å². The summed E-state index contributed by atoms with van der Waals surface area (Å²) in [4.78, 5) is 11.1. The molecule has 0 aromatic heterocycles. The largest absolute Gasteiger partial charge is 0.450 e. The third-order valence-corrected chi connectivity index (χ3v) is 4.33. The highest BCUT2D eigenvalue weighted by Crippen LogP contribution is 2.13. The third kappa shape index (κ3) is 19.2. The summed E-state index contributed by atoms with van der Waals surface area (Å²) in [6.45, 7) is 5.30. The Morgan fingerprint density at radius 1 is 0.652 bits per heavy atom. The Morgan fingerprint density at radius 3 is 1.43 bits per heavy atom. The monoisotopic (exact) mass is 327 g/mol. The molecular formula is C20H41NO2. The number of carbonyl (C=O) groups is 1. The molecule has 0 spiro atoms. The number of hydrogen-bond acceptors (Lipinski definition) is 2. The second kappa shape index (κ2) is 19.3. The van der Waals surface area contributed by atoms with Gasteiger partial charge >= 0.3 is 6.09 Å². The third-order valence-electron chi connectivity index (χ3n) is 4.33. The van der Waals surface area contributed by atoms with Crippen LogP contribution in [-0.2, 0) is 4.74 Å². The topological polar surface area (TPSA) is 38.3 Å². The van der Waals surface area contributed by atoms with E-state index in [0.717, 1.165) is 13.0 Å². The summed E-state index contributed by atoms with van der Waals surface area (Å²) in [5, 5.41) is 2.77. The van der Waals surface area contributed by atoms with Crippen LogP contribution in [0.4, 0.5) is 4.79 Å². The molecule has 0 aromatic carbocycles. The average molecular weight is 328 g/mol. The molecule has 0 heterocycles. The van der Waals surface area contributed by atoms with Crippen molar-refractivity contribution in [2.24, 2.45) is 0 Å². The van der Waals surface area contributed by atoms with Gasteiger partial charge in [0.05, 0.1) is 6.61 Å². The number of alkyl carbamates (subject to hydrolysis) is 1. The van der Waals surface area contributed by atoms with Crippen molar-refractivity contribution in [3.63, 3.8) is 0 Å². The van der Waals surface area contributed by atoms with Crippen molar-refractivity contribution < 1.29 is 9.53 Å². The first kappa shape index (κ1) is 22.3. The van der Waals surface area contributed by atoms with Crippen molar-refractivity contribution in [1.29, 1.82) is 0 Å². The summed E-state index contributed by atoms with van der Waals surface area (Å²) >= 11 is 0. The summed E-state index contributed by atoms with van der Waals surface area (Å²) in [5.41, 5.74) is 0. The van der Waals surface area contributed by atoms with Gasteiger partial charge < -0.3 is 10.1 Å². The lowest BCUT2D eigenvalue weighted by Gasteiger charge is -2.05. The second-order valence-electron chi connectivity index (χ2n) is 6.60. The fourth-order valence-electron chi connectivity index (χ4n) is 2.87. The molecule has 0 saturated carbocycles. The van der Waals surface area contributed by atoms with Gasteiger partial charge in [-0.1, -0.05) is 96.8 Å². The normalized spacial score (nSPS) is 10.7. The minimum absolute atomic E-state index is 0.280. The molecular weight excluding hydrogens is 286 g/mol. The number of hydrogen-bond donors (Lipinski definition) is 1. The van der Waals surface area contributed by atoms with E-state index in [0.29, 0.717) is 6.61 Å². The predicted molar refractivity (Wildman–Crippen MR) is 100.0 cm³/mol. The molecule has 0 unspecified atom stereocenters. The van der Waals surface area contributed by atoms with E-state index in [-0.39, 0.29) is 6.09 Å². The Balaban J connectivity index is 3.01. The molecule has 0 radical (unpaired) electrons. The number of rotatable bonds is 17. The molecule has 3 nitrogen and oxygen atoms in total. The summed E-state index contributed by atoms with van der Waals surface area (Å²) < 4.78 is 4.82. The molecule has 0 atom stereocenters. The number of unbranched alkanes of at least 4 members (excludes halogenated alkanes) is 14. The molecule has 0 fully saturated rings. The average Bonchev–Trinajstić information content (AvgIpc) is 2.54. The van der Waals surface area contributed by atoms with Crippen LogP contribution in [0, 0.1) is 0 Å². The highest BCUT2D eigenvalue weighted by molar-refractivity contribution is 5.66. The molecule has 0 saturated heterocycles. The molecule has 0 aliphatic carbocycles. The number of carbonyl (C=O) groups excluding carboxylic acids is 1. The van der Waals surface area contributed by atoms with Crippen molar-refractivity contribution in [2.45, 2.75) is 110 Å². The second-order valence-corrected chi connectivity index (χ2v) is 6.60. The maximum Gasteiger partial charge on any atom is 0.407 e. The quantitative estimate of drug-likeness (QED) is 0.305. The molecule has 0 aliphatic heterocycles. The van der Waals surface area contributed by atoms with E-state index in [1.165, 1.54) is 89.9 Å². The zero-order valence-electron chi connectivity index (χ0n) is 15.8. The first-order valence-electron chi connectivity index (χ1n) is 10.2. The van der Waals surface area contributed by atoms with E-state index >= 15 is 0 Å².